The van der Waals surface area contributed by atoms with Gasteiger partial charge in [0.15, 0.2) is 0 Å². The van der Waals surface area contributed by atoms with Crippen LogP contribution in [-0.2, 0) is 17.6 Å². The molecule has 10 heteroatoms. The van der Waals surface area contributed by atoms with E-state index in [4.69, 9.17) is 16.3 Å². The van der Waals surface area contributed by atoms with Crippen molar-refractivity contribution >= 4 is 29.3 Å². The first-order valence-corrected chi connectivity index (χ1v) is 10.4. The number of hydrogen-bond acceptors (Lipinski definition) is 6. The van der Waals surface area contributed by atoms with Crippen molar-refractivity contribution in [3.63, 3.8) is 0 Å². The molecule has 0 unspecified atom stereocenters. The van der Waals surface area contributed by atoms with Crippen LogP contribution in [0.25, 0.3) is 0 Å². The SMILES string of the molecule is CNc1cccc(CCOc2ccc(C[C@H](NC(=O)c3c(F)cccc3Cl)C(=O)O)nc2)n1. The predicted octanol–water partition coefficient (Wildman–Crippen LogP) is 3.36. The van der Waals surface area contributed by atoms with Gasteiger partial charge in [0, 0.05) is 31.3 Å². The zero-order chi connectivity index (χ0) is 23.8. The van der Waals surface area contributed by atoms with E-state index in [1.165, 1.54) is 18.3 Å². The van der Waals surface area contributed by atoms with Crippen LogP contribution >= 0.6 is 11.6 Å². The van der Waals surface area contributed by atoms with Gasteiger partial charge in [-0.25, -0.2) is 14.2 Å². The zero-order valence-corrected chi connectivity index (χ0v) is 18.5. The Balaban J connectivity index is 1.57. The van der Waals surface area contributed by atoms with E-state index in [0.29, 0.717) is 24.5 Å². The Hall–Kier alpha value is -3.72. The molecule has 2 aromatic heterocycles. The third-order valence-electron chi connectivity index (χ3n) is 4.69. The molecule has 172 valence electrons. The van der Waals surface area contributed by atoms with Crippen molar-refractivity contribution in [2.45, 2.75) is 18.9 Å². The van der Waals surface area contributed by atoms with Crippen LogP contribution in [0.1, 0.15) is 21.7 Å². The Bertz CT molecular complexity index is 1110. The number of ether oxygens (including phenoxy) is 1. The number of rotatable bonds is 10. The Labute approximate surface area is 194 Å². The van der Waals surface area contributed by atoms with E-state index in [-0.39, 0.29) is 11.4 Å². The van der Waals surface area contributed by atoms with Crippen molar-refractivity contribution in [1.29, 1.82) is 0 Å². The second-order valence-electron chi connectivity index (χ2n) is 7.01. The van der Waals surface area contributed by atoms with Gasteiger partial charge < -0.3 is 20.5 Å². The summed E-state index contributed by atoms with van der Waals surface area (Å²) in [5.74, 6) is -1.75. The van der Waals surface area contributed by atoms with Crippen LogP contribution < -0.4 is 15.4 Å². The van der Waals surface area contributed by atoms with Crippen LogP contribution in [0.3, 0.4) is 0 Å². The van der Waals surface area contributed by atoms with Gasteiger partial charge in [-0.2, -0.15) is 0 Å². The fourth-order valence-electron chi connectivity index (χ4n) is 3.00. The summed E-state index contributed by atoms with van der Waals surface area (Å²) in [7, 11) is 1.80. The average molecular weight is 473 g/mol. The van der Waals surface area contributed by atoms with Gasteiger partial charge >= 0.3 is 5.97 Å². The number of hydrogen-bond donors (Lipinski definition) is 3. The van der Waals surface area contributed by atoms with Gasteiger partial charge in [-0.15, -0.1) is 0 Å². The fourth-order valence-corrected chi connectivity index (χ4v) is 3.25. The first kappa shape index (κ1) is 23.9. The Morgan fingerprint density at radius 1 is 1.15 bits per heavy atom. The lowest BCUT2D eigenvalue weighted by molar-refractivity contribution is -0.139. The Kier molecular flexibility index (Phi) is 8.15. The summed E-state index contributed by atoms with van der Waals surface area (Å²) >= 11 is 5.88. The molecule has 0 aliphatic heterocycles. The molecule has 0 radical (unpaired) electrons. The van der Waals surface area contributed by atoms with Gasteiger partial charge in [0.1, 0.15) is 23.4 Å². The predicted molar refractivity (Wildman–Crippen MR) is 121 cm³/mol. The molecule has 33 heavy (non-hydrogen) atoms. The smallest absolute Gasteiger partial charge is 0.326 e. The summed E-state index contributed by atoms with van der Waals surface area (Å²) < 4.78 is 19.6. The Morgan fingerprint density at radius 3 is 2.61 bits per heavy atom. The molecule has 0 aliphatic carbocycles. The summed E-state index contributed by atoms with van der Waals surface area (Å²) in [6.07, 6.45) is 1.97. The monoisotopic (exact) mass is 472 g/mol. The first-order chi connectivity index (χ1) is 15.9. The van der Waals surface area contributed by atoms with Crippen LogP contribution in [0.15, 0.2) is 54.7 Å². The minimum Gasteiger partial charge on any atom is -0.492 e. The minimum absolute atomic E-state index is 0.103. The highest BCUT2D eigenvalue weighted by molar-refractivity contribution is 6.33. The number of aliphatic carboxylic acids is 1. The van der Waals surface area contributed by atoms with E-state index in [1.54, 1.807) is 19.2 Å². The molecule has 0 fully saturated rings. The highest BCUT2D eigenvalue weighted by Gasteiger charge is 2.24. The molecule has 3 rings (SSSR count). The van der Waals surface area contributed by atoms with Crippen molar-refractivity contribution in [1.82, 2.24) is 15.3 Å². The molecule has 0 bridgehead atoms. The lowest BCUT2D eigenvalue weighted by Crippen LogP contribution is -2.42. The molecule has 1 amide bonds. The number of carboxylic acid groups (broad SMARTS) is 1. The van der Waals surface area contributed by atoms with Gasteiger partial charge in [0.25, 0.3) is 5.91 Å². The van der Waals surface area contributed by atoms with Crippen LogP contribution in [0, 0.1) is 5.82 Å². The van der Waals surface area contributed by atoms with E-state index in [2.05, 4.69) is 20.6 Å². The molecular weight excluding hydrogens is 451 g/mol. The molecule has 0 aliphatic rings. The lowest BCUT2D eigenvalue weighted by atomic mass is 10.1. The summed E-state index contributed by atoms with van der Waals surface area (Å²) in [4.78, 5) is 32.6. The topological polar surface area (TPSA) is 113 Å². The molecule has 0 saturated heterocycles. The molecule has 3 aromatic rings. The third-order valence-corrected chi connectivity index (χ3v) is 5.01. The van der Waals surface area contributed by atoms with Crippen LogP contribution in [0.5, 0.6) is 5.75 Å². The highest BCUT2D eigenvalue weighted by atomic mass is 35.5. The summed E-state index contributed by atoms with van der Waals surface area (Å²) in [6, 6.07) is 11.4. The quantitative estimate of drug-likeness (QED) is 0.414. The van der Waals surface area contributed by atoms with Gasteiger partial charge in [0.2, 0.25) is 0 Å². The normalized spacial score (nSPS) is 11.5. The summed E-state index contributed by atoms with van der Waals surface area (Å²) in [5, 5.41) is 14.6. The molecule has 1 atom stereocenters. The molecule has 1 aromatic carbocycles. The summed E-state index contributed by atoms with van der Waals surface area (Å²) in [6.45, 7) is 0.387. The number of halogens is 2. The number of anilines is 1. The highest BCUT2D eigenvalue weighted by Crippen LogP contribution is 2.19. The Morgan fingerprint density at radius 2 is 1.94 bits per heavy atom. The van der Waals surface area contributed by atoms with Crippen LogP contribution in [0.2, 0.25) is 5.02 Å². The number of carbonyl (C=O) groups is 2. The molecule has 8 nitrogen and oxygen atoms in total. The number of carboxylic acids is 1. The van der Waals surface area contributed by atoms with Crippen molar-refractivity contribution in [2.24, 2.45) is 0 Å². The second-order valence-corrected chi connectivity index (χ2v) is 7.42. The van der Waals surface area contributed by atoms with Gasteiger partial charge in [-0.05, 0) is 36.4 Å². The fraction of sp³-hybridized carbons (Fsp3) is 0.217. The van der Waals surface area contributed by atoms with Gasteiger partial charge in [0.05, 0.1) is 23.4 Å². The van der Waals surface area contributed by atoms with E-state index < -0.39 is 29.3 Å². The number of nitrogens with one attached hydrogen (secondary N) is 2. The number of benzene rings is 1. The third kappa shape index (κ3) is 6.63. The number of nitrogens with zero attached hydrogens (tertiary/aromatic N) is 2. The summed E-state index contributed by atoms with van der Waals surface area (Å²) in [5.41, 5.74) is 0.886. The molecule has 2 heterocycles. The maximum atomic E-state index is 13.9. The molecule has 3 N–H and O–H groups in total. The maximum absolute atomic E-state index is 13.9. The maximum Gasteiger partial charge on any atom is 0.326 e. The molecule has 0 saturated carbocycles. The number of carbonyl (C=O) groups excluding carboxylic acids is 1. The number of pyridine rings is 2. The number of amides is 1. The largest absolute Gasteiger partial charge is 0.492 e. The van der Waals surface area contributed by atoms with Gasteiger partial charge in [-0.1, -0.05) is 23.7 Å². The minimum atomic E-state index is -1.32. The van der Waals surface area contributed by atoms with Gasteiger partial charge in [-0.3, -0.25) is 9.78 Å². The first-order valence-electron chi connectivity index (χ1n) is 10.1. The van der Waals surface area contributed by atoms with E-state index >= 15 is 0 Å². The van der Waals surface area contributed by atoms with E-state index in [0.717, 1.165) is 17.6 Å². The van der Waals surface area contributed by atoms with Crippen molar-refractivity contribution in [2.75, 3.05) is 19.0 Å². The van der Waals surface area contributed by atoms with Crippen molar-refractivity contribution in [3.05, 3.63) is 82.5 Å². The average Bonchev–Trinajstić information content (AvgIpc) is 2.79. The lowest BCUT2D eigenvalue weighted by Gasteiger charge is -2.15. The molecular formula is C23H22ClFN4O4. The van der Waals surface area contributed by atoms with Crippen LogP contribution in [-0.4, -0.2) is 46.6 Å². The van der Waals surface area contributed by atoms with Crippen LogP contribution in [0.4, 0.5) is 10.2 Å². The zero-order valence-electron chi connectivity index (χ0n) is 17.7. The van der Waals surface area contributed by atoms with Crippen molar-refractivity contribution in [3.8, 4) is 5.75 Å². The standard InChI is InChI=1S/C23H22ClFN4O4/c1-26-20-7-2-4-14(28-20)10-11-33-16-9-8-15(27-13-16)12-19(23(31)32)29-22(30)21-17(24)5-3-6-18(21)25/h2-9,13,19H,10-12H2,1H3,(H,26,28)(H,29,30)(H,31,32)/t19-/m0/s1. The van der Waals surface area contributed by atoms with E-state index in [9.17, 15) is 19.1 Å². The van der Waals surface area contributed by atoms with E-state index in [1.807, 2.05) is 18.2 Å². The van der Waals surface area contributed by atoms with Crippen molar-refractivity contribution < 1.29 is 23.8 Å². The second kappa shape index (κ2) is 11.2. The molecule has 0 spiro atoms. The number of aromatic nitrogens is 2.